The number of hydrogen-bond donors (Lipinski definition) is 1. The molecule has 1 heterocycles. The zero-order chi connectivity index (χ0) is 10.4. The second-order valence-corrected chi connectivity index (χ2v) is 3.13. The Bertz CT molecular complexity index is 260. The van der Waals surface area contributed by atoms with Gasteiger partial charge in [0, 0.05) is 24.8 Å². The maximum absolute atomic E-state index is 11.8. The van der Waals surface area contributed by atoms with Crippen LogP contribution in [0.4, 0.5) is 8.78 Å². The van der Waals surface area contributed by atoms with E-state index in [9.17, 15) is 8.78 Å². The number of aromatic nitrogens is 2. The van der Waals surface area contributed by atoms with E-state index in [0.29, 0.717) is 6.54 Å². The molecule has 1 aromatic rings. The summed E-state index contributed by atoms with van der Waals surface area (Å²) in [6, 6.07) is 0. The zero-order valence-electron chi connectivity index (χ0n) is 8.21. The Morgan fingerprint density at radius 2 is 2.36 bits per heavy atom. The van der Waals surface area contributed by atoms with Gasteiger partial charge in [-0.05, 0) is 6.42 Å². The van der Waals surface area contributed by atoms with Crippen LogP contribution in [-0.2, 0) is 13.1 Å². The van der Waals surface area contributed by atoms with Crippen molar-refractivity contribution < 1.29 is 8.78 Å². The third-order valence-corrected chi connectivity index (χ3v) is 1.77. The molecule has 0 amide bonds. The summed E-state index contributed by atoms with van der Waals surface area (Å²) in [6.45, 7) is 3.12. The van der Waals surface area contributed by atoms with Gasteiger partial charge in [0.2, 0.25) is 0 Å². The summed E-state index contributed by atoms with van der Waals surface area (Å²) in [5.74, 6) is 0. The lowest BCUT2D eigenvalue weighted by Crippen LogP contribution is -2.20. The number of alkyl halides is 2. The Morgan fingerprint density at radius 3 is 3.00 bits per heavy atom. The Morgan fingerprint density at radius 1 is 1.57 bits per heavy atom. The van der Waals surface area contributed by atoms with Crippen LogP contribution in [0.5, 0.6) is 0 Å². The predicted molar refractivity (Wildman–Crippen MR) is 50.2 cm³/mol. The molecule has 0 aliphatic carbocycles. The maximum Gasteiger partial charge on any atom is 0.250 e. The highest BCUT2D eigenvalue weighted by Gasteiger charge is 2.02. The van der Waals surface area contributed by atoms with Gasteiger partial charge in [-0.2, -0.15) is 5.10 Å². The molecule has 0 unspecified atom stereocenters. The van der Waals surface area contributed by atoms with Crippen LogP contribution in [0.25, 0.3) is 0 Å². The molecule has 0 fully saturated rings. The molecule has 0 atom stereocenters. The number of halogens is 2. The zero-order valence-corrected chi connectivity index (χ0v) is 8.21. The third kappa shape index (κ3) is 3.83. The molecule has 0 saturated carbocycles. The van der Waals surface area contributed by atoms with Crippen LogP contribution in [0.15, 0.2) is 12.4 Å². The monoisotopic (exact) mass is 203 g/mol. The van der Waals surface area contributed by atoms with Gasteiger partial charge in [-0.15, -0.1) is 0 Å². The van der Waals surface area contributed by atoms with Gasteiger partial charge in [0.15, 0.2) is 0 Å². The fourth-order valence-electron chi connectivity index (χ4n) is 1.17. The summed E-state index contributed by atoms with van der Waals surface area (Å²) in [5.41, 5.74) is 0.944. The number of aryl methyl sites for hydroxylation is 1. The highest BCUT2D eigenvalue weighted by Crippen LogP contribution is 1.98. The standard InChI is InChI=1S/C9H15F2N3/c1-2-3-14-7-8(5-13-14)4-12-6-9(10)11/h5,7,9,12H,2-4,6H2,1H3. The van der Waals surface area contributed by atoms with Crippen molar-refractivity contribution in [2.24, 2.45) is 0 Å². The van der Waals surface area contributed by atoms with Crippen LogP contribution in [0.2, 0.25) is 0 Å². The fraction of sp³-hybridized carbons (Fsp3) is 0.667. The van der Waals surface area contributed by atoms with Crippen LogP contribution in [0.1, 0.15) is 18.9 Å². The lowest BCUT2D eigenvalue weighted by molar-refractivity contribution is 0.145. The van der Waals surface area contributed by atoms with Gasteiger partial charge in [0.1, 0.15) is 0 Å². The minimum Gasteiger partial charge on any atom is -0.307 e. The van der Waals surface area contributed by atoms with Crippen molar-refractivity contribution >= 4 is 0 Å². The highest BCUT2D eigenvalue weighted by molar-refractivity contribution is 5.03. The van der Waals surface area contributed by atoms with E-state index in [1.807, 2.05) is 10.9 Å². The molecular weight excluding hydrogens is 188 g/mol. The molecule has 0 aliphatic heterocycles. The third-order valence-electron chi connectivity index (χ3n) is 1.77. The van der Waals surface area contributed by atoms with Crippen LogP contribution < -0.4 is 5.32 Å². The van der Waals surface area contributed by atoms with Gasteiger partial charge in [0.25, 0.3) is 6.43 Å². The summed E-state index contributed by atoms with van der Waals surface area (Å²) >= 11 is 0. The average Bonchev–Trinajstić information content (AvgIpc) is 2.53. The Hall–Kier alpha value is -0.970. The minimum atomic E-state index is -2.29. The van der Waals surface area contributed by atoms with Gasteiger partial charge in [0.05, 0.1) is 12.7 Å². The molecule has 0 aliphatic rings. The van der Waals surface area contributed by atoms with E-state index in [2.05, 4.69) is 17.3 Å². The molecule has 14 heavy (non-hydrogen) atoms. The van der Waals surface area contributed by atoms with Gasteiger partial charge in [-0.1, -0.05) is 6.92 Å². The summed E-state index contributed by atoms with van der Waals surface area (Å²) < 4.78 is 25.4. The molecule has 0 radical (unpaired) electrons. The largest absolute Gasteiger partial charge is 0.307 e. The lowest BCUT2D eigenvalue weighted by atomic mass is 10.3. The number of nitrogens with zero attached hydrogens (tertiary/aromatic N) is 2. The van der Waals surface area contributed by atoms with Crippen molar-refractivity contribution in [1.29, 1.82) is 0 Å². The smallest absolute Gasteiger partial charge is 0.250 e. The highest BCUT2D eigenvalue weighted by atomic mass is 19.3. The molecular formula is C9H15F2N3. The van der Waals surface area contributed by atoms with Gasteiger partial charge in [-0.25, -0.2) is 8.78 Å². The van der Waals surface area contributed by atoms with E-state index in [1.165, 1.54) is 0 Å². The van der Waals surface area contributed by atoms with Crippen LogP contribution >= 0.6 is 0 Å². The maximum atomic E-state index is 11.8. The molecule has 0 aromatic carbocycles. The van der Waals surface area contributed by atoms with E-state index in [-0.39, 0.29) is 6.54 Å². The first-order valence-electron chi connectivity index (χ1n) is 4.72. The predicted octanol–water partition coefficient (Wildman–Crippen LogP) is 1.65. The summed E-state index contributed by atoms with van der Waals surface area (Å²) in [4.78, 5) is 0. The summed E-state index contributed by atoms with van der Waals surface area (Å²) in [6.07, 6.45) is 2.31. The molecule has 1 N–H and O–H groups in total. The van der Waals surface area contributed by atoms with Gasteiger partial charge < -0.3 is 5.32 Å². The second-order valence-electron chi connectivity index (χ2n) is 3.13. The lowest BCUT2D eigenvalue weighted by Gasteiger charge is -2.00. The fourth-order valence-corrected chi connectivity index (χ4v) is 1.17. The van der Waals surface area contributed by atoms with E-state index < -0.39 is 6.43 Å². The van der Waals surface area contributed by atoms with Crippen molar-refractivity contribution in [2.45, 2.75) is 32.9 Å². The van der Waals surface area contributed by atoms with E-state index in [0.717, 1.165) is 18.5 Å². The van der Waals surface area contributed by atoms with Crippen molar-refractivity contribution in [1.82, 2.24) is 15.1 Å². The average molecular weight is 203 g/mol. The number of nitrogens with one attached hydrogen (secondary N) is 1. The molecule has 0 saturated heterocycles. The van der Waals surface area contributed by atoms with Gasteiger partial charge in [-0.3, -0.25) is 4.68 Å². The molecule has 5 heteroatoms. The topological polar surface area (TPSA) is 29.9 Å². The number of rotatable bonds is 6. The molecule has 1 rings (SSSR count). The first kappa shape index (κ1) is 11.1. The number of hydrogen-bond acceptors (Lipinski definition) is 2. The molecule has 1 aromatic heterocycles. The molecule has 0 bridgehead atoms. The SMILES string of the molecule is CCCn1cc(CNCC(F)F)cn1. The van der Waals surface area contributed by atoms with E-state index in [1.54, 1.807) is 6.20 Å². The first-order chi connectivity index (χ1) is 6.72. The second kappa shape index (κ2) is 5.70. The molecule has 80 valence electrons. The summed E-state index contributed by atoms with van der Waals surface area (Å²) in [5, 5.41) is 6.75. The van der Waals surface area contributed by atoms with Crippen molar-refractivity contribution in [3.63, 3.8) is 0 Å². The van der Waals surface area contributed by atoms with Crippen molar-refractivity contribution in [2.75, 3.05) is 6.54 Å². The Kier molecular flexibility index (Phi) is 4.52. The Balaban J connectivity index is 2.28. The normalized spacial score (nSPS) is 11.1. The van der Waals surface area contributed by atoms with Crippen LogP contribution in [0.3, 0.4) is 0 Å². The Labute approximate surface area is 82.1 Å². The summed E-state index contributed by atoms with van der Waals surface area (Å²) in [7, 11) is 0. The van der Waals surface area contributed by atoms with Crippen molar-refractivity contribution in [3.8, 4) is 0 Å². The van der Waals surface area contributed by atoms with Crippen molar-refractivity contribution in [3.05, 3.63) is 18.0 Å². The van der Waals surface area contributed by atoms with Gasteiger partial charge >= 0.3 is 0 Å². The van der Waals surface area contributed by atoms with E-state index in [4.69, 9.17) is 0 Å². The first-order valence-corrected chi connectivity index (χ1v) is 4.72. The van der Waals surface area contributed by atoms with Crippen LogP contribution in [-0.4, -0.2) is 22.8 Å². The quantitative estimate of drug-likeness (QED) is 0.761. The molecule has 3 nitrogen and oxygen atoms in total. The molecule has 0 spiro atoms. The minimum absolute atomic E-state index is 0.265. The van der Waals surface area contributed by atoms with E-state index >= 15 is 0 Å². The van der Waals surface area contributed by atoms with Crippen LogP contribution in [0, 0.1) is 0 Å².